The van der Waals surface area contributed by atoms with E-state index in [1.165, 1.54) is 12.7 Å². The lowest BCUT2D eigenvalue weighted by atomic mass is 9.63. The van der Waals surface area contributed by atoms with Gasteiger partial charge in [-0.15, -0.1) is 0 Å². The molecule has 1 aromatic heterocycles. The van der Waals surface area contributed by atoms with Gasteiger partial charge in [0.1, 0.15) is 11.4 Å². The Labute approximate surface area is 184 Å². The Bertz CT molecular complexity index is 873. The van der Waals surface area contributed by atoms with Crippen molar-refractivity contribution in [2.45, 2.75) is 51.4 Å². The monoisotopic (exact) mass is 427 g/mol. The summed E-state index contributed by atoms with van der Waals surface area (Å²) in [7, 11) is 3.10. The van der Waals surface area contributed by atoms with Crippen LogP contribution in [0, 0.1) is 11.8 Å². The number of benzene rings is 1. The normalized spacial score (nSPS) is 26.0. The maximum absolute atomic E-state index is 12.0. The minimum absolute atomic E-state index is 0.106. The molecule has 168 valence electrons. The van der Waals surface area contributed by atoms with Gasteiger partial charge in [-0.05, 0) is 44.4 Å². The first-order chi connectivity index (χ1) is 14.9. The molecule has 1 N–H and O–H groups in total. The van der Waals surface area contributed by atoms with Gasteiger partial charge in [-0.1, -0.05) is 18.6 Å². The maximum Gasteiger partial charge on any atom is 0.319 e. The molecule has 2 heterocycles. The summed E-state index contributed by atoms with van der Waals surface area (Å²) in [4.78, 5) is 11.1. The highest BCUT2D eigenvalue weighted by Crippen LogP contribution is 2.51. The average molecular weight is 428 g/mol. The van der Waals surface area contributed by atoms with Crippen LogP contribution >= 0.6 is 0 Å². The third-order valence-corrected chi connectivity index (χ3v) is 6.55. The summed E-state index contributed by atoms with van der Waals surface area (Å²) >= 11 is 0. The first kappa shape index (κ1) is 21.8. The number of aromatic nitrogens is 2. The molecule has 2 aromatic rings. The second kappa shape index (κ2) is 9.01. The first-order valence-corrected chi connectivity index (χ1v) is 11.1. The highest BCUT2D eigenvalue weighted by atomic mass is 16.5. The Hall–Kier alpha value is -2.38. The van der Waals surface area contributed by atoms with E-state index in [9.17, 15) is 5.11 Å². The van der Waals surface area contributed by atoms with E-state index >= 15 is 0 Å². The van der Waals surface area contributed by atoms with Gasteiger partial charge < -0.3 is 19.3 Å². The Morgan fingerprint density at radius 2 is 1.77 bits per heavy atom. The molecule has 2 aliphatic rings. The number of rotatable bonds is 7. The minimum atomic E-state index is -0.985. The Kier molecular flexibility index (Phi) is 6.34. The fourth-order valence-corrected chi connectivity index (χ4v) is 5.20. The number of piperidine rings is 1. The molecule has 0 spiro atoms. The second-order valence-corrected chi connectivity index (χ2v) is 8.93. The number of methoxy groups -OCH3 is 2. The summed E-state index contributed by atoms with van der Waals surface area (Å²) in [6, 6.07) is 8.59. The van der Waals surface area contributed by atoms with E-state index < -0.39 is 5.60 Å². The number of hydrogen-bond donors (Lipinski definition) is 1. The van der Waals surface area contributed by atoms with Gasteiger partial charge >= 0.3 is 6.01 Å². The van der Waals surface area contributed by atoms with Gasteiger partial charge in [0.2, 0.25) is 5.88 Å². The van der Waals surface area contributed by atoms with Crippen LogP contribution in [-0.4, -0.2) is 53.4 Å². The van der Waals surface area contributed by atoms with Gasteiger partial charge in [0.05, 0.1) is 25.9 Å². The smallest absolute Gasteiger partial charge is 0.319 e. The van der Waals surface area contributed by atoms with Crippen LogP contribution in [0.1, 0.15) is 44.2 Å². The molecule has 1 aliphatic carbocycles. The molecule has 0 amide bonds. The minimum Gasteiger partial charge on any atom is -0.491 e. The molecule has 2 atom stereocenters. The molecule has 2 fully saturated rings. The zero-order chi connectivity index (χ0) is 22.0. The number of fused-ring (bicyclic) bond motifs is 2. The molecule has 1 aliphatic heterocycles. The predicted octanol–water partition coefficient (Wildman–Crippen LogP) is 3.40. The van der Waals surface area contributed by atoms with Crippen LogP contribution in [0.3, 0.4) is 0 Å². The SMILES string of the molecule is COc1ncc(C2(O)C3CCCC2CN(Cc2ccc(OC(C)C)cc2)C3)c(OC)n1. The van der Waals surface area contributed by atoms with E-state index in [0.717, 1.165) is 44.6 Å². The van der Waals surface area contributed by atoms with Crippen molar-refractivity contribution in [3.05, 3.63) is 41.6 Å². The van der Waals surface area contributed by atoms with Gasteiger partial charge in [0, 0.05) is 37.7 Å². The quantitative estimate of drug-likeness (QED) is 0.726. The summed E-state index contributed by atoms with van der Waals surface area (Å²) < 4.78 is 16.4. The topological polar surface area (TPSA) is 76.9 Å². The molecule has 1 saturated heterocycles. The molecular formula is C24H33N3O4. The number of hydrogen-bond acceptors (Lipinski definition) is 7. The fraction of sp³-hybridized carbons (Fsp3) is 0.583. The van der Waals surface area contributed by atoms with Crippen LogP contribution in [0.15, 0.2) is 30.5 Å². The predicted molar refractivity (Wildman–Crippen MR) is 117 cm³/mol. The fourth-order valence-electron chi connectivity index (χ4n) is 5.20. The van der Waals surface area contributed by atoms with Crippen molar-refractivity contribution in [1.29, 1.82) is 0 Å². The van der Waals surface area contributed by atoms with Crippen molar-refractivity contribution in [2.75, 3.05) is 27.3 Å². The van der Waals surface area contributed by atoms with Crippen LogP contribution in [0.2, 0.25) is 0 Å². The zero-order valence-electron chi connectivity index (χ0n) is 18.9. The Morgan fingerprint density at radius 1 is 1.10 bits per heavy atom. The number of ether oxygens (including phenoxy) is 3. The standard InChI is InChI=1S/C24H33N3O4/c1-16(2)31-20-10-8-17(9-11-20)13-27-14-18-6-5-7-19(15-27)24(18,28)21-12-25-23(30-4)26-22(21)29-3/h8-12,16,18-19,28H,5-7,13-15H2,1-4H3. The molecule has 31 heavy (non-hydrogen) atoms. The molecule has 4 rings (SSSR count). The van der Waals surface area contributed by atoms with Gasteiger partial charge in [0.25, 0.3) is 0 Å². The van der Waals surface area contributed by atoms with Gasteiger partial charge in [-0.3, -0.25) is 4.90 Å². The van der Waals surface area contributed by atoms with Crippen LogP contribution in [0.5, 0.6) is 17.6 Å². The second-order valence-electron chi connectivity index (χ2n) is 8.93. The number of likely N-dealkylation sites (tertiary alicyclic amines) is 1. The molecule has 1 aromatic carbocycles. The van der Waals surface area contributed by atoms with Gasteiger partial charge in [-0.25, -0.2) is 4.98 Å². The molecular weight excluding hydrogens is 394 g/mol. The van der Waals surface area contributed by atoms with E-state index in [1.807, 2.05) is 26.0 Å². The van der Waals surface area contributed by atoms with Gasteiger partial charge in [0.15, 0.2) is 0 Å². The number of aliphatic hydroxyl groups is 1. The molecule has 7 nitrogen and oxygen atoms in total. The largest absolute Gasteiger partial charge is 0.491 e. The van der Waals surface area contributed by atoms with Crippen LogP contribution < -0.4 is 14.2 Å². The average Bonchev–Trinajstić information content (AvgIpc) is 2.75. The lowest BCUT2D eigenvalue weighted by molar-refractivity contribution is -0.149. The van der Waals surface area contributed by atoms with Crippen molar-refractivity contribution in [2.24, 2.45) is 11.8 Å². The van der Waals surface area contributed by atoms with Crippen LogP contribution in [-0.2, 0) is 12.1 Å². The summed E-state index contributed by atoms with van der Waals surface area (Å²) in [6.45, 7) is 6.58. The summed E-state index contributed by atoms with van der Waals surface area (Å²) in [5.41, 5.74) is 0.951. The van der Waals surface area contributed by atoms with Crippen molar-refractivity contribution in [3.8, 4) is 17.6 Å². The van der Waals surface area contributed by atoms with E-state index in [4.69, 9.17) is 14.2 Å². The highest BCUT2D eigenvalue weighted by Gasteiger charge is 2.53. The summed E-state index contributed by atoms with van der Waals surface area (Å²) in [6.07, 6.45) is 4.93. The van der Waals surface area contributed by atoms with Crippen molar-refractivity contribution >= 4 is 0 Å². The zero-order valence-corrected chi connectivity index (χ0v) is 18.9. The lowest BCUT2D eigenvalue weighted by Crippen LogP contribution is -2.58. The lowest BCUT2D eigenvalue weighted by Gasteiger charge is -2.53. The molecule has 0 radical (unpaired) electrons. The summed E-state index contributed by atoms with van der Waals surface area (Å²) in [5.74, 6) is 1.51. The van der Waals surface area contributed by atoms with E-state index in [1.54, 1.807) is 13.3 Å². The van der Waals surface area contributed by atoms with E-state index in [0.29, 0.717) is 11.4 Å². The van der Waals surface area contributed by atoms with Crippen LogP contribution in [0.4, 0.5) is 0 Å². The van der Waals surface area contributed by atoms with Crippen LogP contribution in [0.25, 0.3) is 0 Å². The molecule has 1 saturated carbocycles. The van der Waals surface area contributed by atoms with Crippen molar-refractivity contribution < 1.29 is 19.3 Å². The molecule has 2 bridgehead atoms. The third-order valence-electron chi connectivity index (χ3n) is 6.55. The maximum atomic E-state index is 12.0. The number of nitrogens with zero attached hydrogens (tertiary/aromatic N) is 3. The Morgan fingerprint density at radius 3 is 2.35 bits per heavy atom. The first-order valence-electron chi connectivity index (χ1n) is 11.1. The molecule has 2 unspecified atom stereocenters. The summed E-state index contributed by atoms with van der Waals surface area (Å²) in [5, 5.41) is 12.0. The Balaban J connectivity index is 1.53. The van der Waals surface area contributed by atoms with E-state index in [2.05, 4.69) is 27.0 Å². The third kappa shape index (κ3) is 4.34. The highest BCUT2D eigenvalue weighted by molar-refractivity contribution is 5.34. The molecule has 7 heteroatoms. The van der Waals surface area contributed by atoms with Gasteiger partial charge in [-0.2, -0.15) is 4.98 Å². The van der Waals surface area contributed by atoms with E-state index in [-0.39, 0.29) is 24.0 Å². The van der Waals surface area contributed by atoms with Crippen molar-refractivity contribution in [3.63, 3.8) is 0 Å². The van der Waals surface area contributed by atoms with Crippen molar-refractivity contribution in [1.82, 2.24) is 14.9 Å².